The van der Waals surface area contributed by atoms with Crippen molar-refractivity contribution in [3.05, 3.63) is 81.7 Å². The van der Waals surface area contributed by atoms with Gasteiger partial charge < -0.3 is 20.5 Å². The third-order valence-corrected chi connectivity index (χ3v) is 7.95. The summed E-state index contributed by atoms with van der Waals surface area (Å²) in [5.74, 6) is 0.375. The molecule has 1 aliphatic heterocycles. The topological polar surface area (TPSA) is 101 Å². The van der Waals surface area contributed by atoms with Crippen LogP contribution < -0.4 is 10.6 Å². The van der Waals surface area contributed by atoms with Gasteiger partial charge in [-0.25, -0.2) is 0 Å². The van der Waals surface area contributed by atoms with E-state index in [-0.39, 0.29) is 11.8 Å². The molecule has 0 saturated heterocycles. The molecule has 196 valence electrons. The van der Waals surface area contributed by atoms with Crippen molar-refractivity contribution in [1.82, 2.24) is 15.2 Å². The van der Waals surface area contributed by atoms with Crippen molar-refractivity contribution in [3.8, 4) is 6.07 Å². The number of aromatic amines is 1. The van der Waals surface area contributed by atoms with Gasteiger partial charge in [-0.2, -0.15) is 5.26 Å². The first kappa shape index (κ1) is 27.2. The van der Waals surface area contributed by atoms with Crippen LogP contribution in [0.2, 0.25) is 0 Å². The maximum Gasteiger partial charge on any atom is 0.256 e. The summed E-state index contributed by atoms with van der Waals surface area (Å²) in [5, 5.41) is 15.3. The minimum absolute atomic E-state index is 0.110. The number of fused-ring (bicyclic) bond motifs is 1. The van der Waals surface area contributed by atoms with Crippen LogP contribution in [0.1, 0.15) is 57.8 Å². The first-order chi connectivity index (χ1) is 18.4. The van der Waals surface area contributed by atoms with E-state index in [0.29, 0.717) is 29.0 Å². The van der Waals surface area contributed by atoms with E-state index >= 15 is 0 Å². The molecule has 2 heterocycles. The number of nitrogens with zero attached hydrogens (tertiary/aromatic N) is 2. The molecule has 0 atom stereocenters. The number of thioether (sulfide) groups is 1. The Morgan fingerprint density at radius 1 is 1.16 bits per heavy atom. The van der Waals surface area contributed by atoms with Crippen molar-refractivity contribution in [2.45, 2.75) is 38.3 Å². The largest absolute Gasteiger partial charge is 0.358 e. The highest BCUT2D eigenvalue weighted by atomic mass is 32.2. The first-order valence-corrected chi connectivity index (χ1v) is 13.8. The number of carbonyl (C=O) groups is 2. The van der Waals surface area contributed by atoms with E-state index in [2.05, 4.69) is 40.4 Å². The Labute approximate surface area is 228 Å². The molecular formula is C30H33N5O2S. The molecule has 2 amide bonds. The number of amides is 2. The smallest absolute Gasteiger partial charge is 0.256 e. The second-order valence-electron chi connectivity index (χ2n) is 9.22. The van der Waals surface area contributed by atoms with Crippen molar-refractivity contribution in [2.75, 3.05) is 31.5 Å². The molecule has 2 aromatic carbocycles. The molecule has 8 heteroatoms. The van der Waals surface area contributed by atoms with Crippen molar-refractivity contribution in [2.24, 2.45) is 0 Å². The molecule has 0 radical (unpaired) electrons. The lowest BCUT2D eigenvalue weighted by molar-refractivity contribution is -0.110. The van der Waals surface area contributed by atoms with E-state index in [4.69, 9.17) is 0 Å². The molecule has 0 fully saturated rings. The van der Waals surface area contributed by atoms with Crippen LogP contribution >= 0.6 is 11.8 Å². The van der Waals surface area contributed by atoms with Crippen molar-refractivity contribution < 1.29 is 9.59 Å². The van der Waals surface area contributed by atoms with Crippen LogP contribution in [0.5, 0.6) is 0 Å². The summed E-state index contributed by atoms with van der Waals surface area (Å²) < 4.78 is 0. The summed E-state index contributed by atoms with van der Waals surface area (Å²) in [6, 6.07) is 15.7. The van der Waals surface area contributed by atoms with Crippen molar-refractivity contribution in [3.63, 3.8) is 0 Å². The Morgan fingerprint density at radius 3 is 2.66 bits per heavy atom. The number of benzene rings is 2. The van der Waals surface area contributed by atoms with Crippen LogP contribution in [-0.4, -0.2) is 47.9 Å². The summed E-state index contributed by atoms with van der Waals surface area (Å²) in [5.41, 5.74) is 6.74. The zero-order valence-electron chi connectivity index (χ0n) is 22.3. The highest BCUT2D eigenvalue weighted by molar-refractivity contribution is 7.98. The normalized spacial score (nSPS) is 13.5. The highest BCUT2D eigenvalue weighted by Gasteiger charge is 2.26. The van der Waals surface area contributed by atoms with Gasteiger partial charge in [0, 0.05) is 46.4 Å². The van der Waals surface area contributed by atoms with Crippen LogP contribution in [0.4, 0.5) is 5.69 Å². The molecule has 38 heavy (non-hydrogen) atoms. The number of carbonyl (C=O) groups excluding carboxylic acids is 2. The van der Waals surface area contributed by atoms with Gasteiger partial charge in [0.15, 0.2) is 0 Å². The molecule has 1 aliphatic rings. The molecule has 0 saturated carbocycles. The van der Waals surface area contributed by atoms with E-state index in [0.717, 1.165) is 58.3 Å². The maximum absolute atomic E-state index is 13.0. The van der Waals surface area contributed by atoms with Gasteiger partial charge in [0.1, 0.15) is 0 Å². The fraction of sp³-hybridized carbons (Fsp3) is 0.300. The number of hydrogen-bond acceptors (Lipinski definition) is 5. The lowest BCUT2D eigenvalue weighted by Crippen LogP contribution is -2.35. The van der Waals surface area contributed by atoms with E-state index < -0.39 is 0 Å². The molecule has 0 aliphatic carbocycles. The third kappa shape index (κ3) is 5.85. The van der Waals surface area contributed by atoms with Gasteiger partial charge in [0.25, 0.3) is 11.8 Å². The number of aryl methyl sites for hydroxylation is 1. The zero-order chi connectivity index (χ0) is 27.2. The summed E-state index contributed by atoms with van der Waals surface area (Å²) >= 11 is 1.62. The van der Waals surface area contributed by atoms with Crippen molar-refractivity contribution in [1.29, 1.82) is 5.26 Å². The standard InChI is InChI=1S/C30H33N5O2S/c1-5-35(6-2)14-13-32-30(37)28-19(3)27(33-20(28)4)16-25-24-15-23(11-12-26(24)34-29(25)36)38-18-22-10-8-7-9-21(22)17-31/h7-12,15-16,33H,5-6,13-14,18H2,1-4H3,(H,32,37)(H,34,36)/b25-16-. The fourth-order valence-electron chi connectivity index (χ4n) is 4.68. The molecule has 3 N–H and O–H groups in total. The molecule has 1 aromatic heterocycles. The Balaban J connectivity index is 1.54. The van der Waals surface area contributed by atoms with Gasteiger partial charge in [0.2, 0.25) is 0 Å². The van der Waals surface area contributed by atoms with Crippen LogP contribution in [0.25, 0.3) is 11.6 Å². The first-order valence-electron chi connectivity index (χ1n) is 12.8. The Hall–Kier alpha value is -3.80. The van der Waals surface area contributed by atoms with Crippen LogP contribution in [0.15, 0.2) is 47.4 Å². The van der Waals surface area contributed by atoms with Gasteiger partial charge in [-0.05, 0) is 68.4 Å². The maximum atomic E-state index is 13.0. The SMILES string of the molecule is CCN(CC)CCNC(=O)c1c(C)[nH]c(/C=C2\C(=O)Nc3ccc(SCc4ccccc4C#N)cc32)c1C. The number of likely N-dealkylation sites (N-methyl/N-ethyl adjacent to an activating group) is 1. The second-order valence-corrected chi connectivity index (χ2v) is 10.3. The van der Waals surface area contributed by atoms with E-state index in [1.165, 1.54) is 0 Å². The molecule has 0 spiro atoms. The monoisotopic (exact) mass is 527 g/mol. The van der Waals surface area contributed by atoms with Crippen LogP contribution in [0.3, 0.4) is 0 Å². The minimum Gasteiger partial charge on any atom is -0.358 e. The molecule has 0 unspecified atom stereocenters. The van der Waals surface area contributed by atoms with E-state index in [1.807, 2.05) is 62.4 Å². The lowest BCUT2D eigenvalue weighted by Gasteiger charge is -2.18. The highest BCUT2D eigenvalue weighted by Crippen LogP contribution is 2.37. The van der Waals surface area contributed by atoms with Crippen molar-refractivity contribution >= 4 is 40.9 Å². The average Bonchev–Trinajstić information content (AvgIpc) is 3.39. The van der Waals surface area contributed by atoms with Crippen LogP contribution in [0, 0.1) is 25.2 Å². The second kappa shape index (κ2) is 12.2. The van der Waals surface area contributed by atoms with Gasteiger partial charge in [0.05, 0.1) is 22.8 Å². The fourth-order valence-corrected chi connectivity index (χ4v) is 5.62. The van der Waals surface area contributed by atoms with Gasteiger partial charge in [-0.15, -0.1) is 11.8 Å². The Bertz CT molecular complexity index is 1430. The number of H-pyrrole nitrogens is 1. The van der Waals surface area contributed by atoms with Gasteiger partial charge in [-0.1, -0.05) is 32.0 Å². The number of aromatic nitrogens is 1. The van der Waals surface area contributed by atoms with Crippen LogP contribution in [-0.2, 0) is 10.5 Å². The summed E-state index contributed by atoms with van der Waals surface area (Å²) in [6.07, 6.45) is 1.83. The Morgan fingerprint density at radius 2 is 1.92 bits per heavy atom. The summed E-state index contributed by atoms with van der Waals surface area (Å²) in [6.45, 7) is 11.3. The van der Waals surface area contributed by atoms with Gasteiger partial charge >= 0.3 is 0 Å². The van der Waals surface area contributed by atoms with E-state index in [9.17, 15) is 14.9 Å². The number of anilines is 1. The lowest BCUT2D eigenvalue weighted by atomic mass is 10.0. The van der Waals surface area contributed by atoms with Gasteiger partial charge in [-0.3, -0.25) is 9.59 Å². The van der Waals surface area contributed by atoms with E-state index in [1.54, 1.807) is 11.8 Å². The third-order valence-electron chi connectivity index (χ3n) is 6.91. The molecule has 0 bridgehead atoms. The predicted octanol–water partition coefficient (Wildman–Crippen LogP) is 5.36. The summed E-state index contributed by atoms with van der Waals surface area (Å²) in [7, 11) is 0. The average molecular weight is 528 g/mol. The molecule has 7 nitrogen and oxygen atoms in total. The quantitative estimate of drug-likeness (QED) is 0.243. The molecule has 4 rings (SSSR count). The molecule has 3 aromatic rings. The number of nitriles is 1. The Kier molecular flexibility index (Phi) is 8.72. The summed E-state index contributed by atoms with van der Waals surface area (Å²) in [4.78, 5) is 32.4. The number of nitrogens with one attached hydrogen (secondary N) is 3. The number of hydrogen-bond donors (Lipinski definition) is 3. The zero-order valence-corrected chi connectivity index (χ0v) is 23.1. The number of rotatable bonds is 10. The predicted molar refractivity (Wildman–Crippen MR) is 154 cm³/mol. The molecular weight excluding hydrogens is 494 g/mol. The minimum atomic E-state index is -0.172.